The van der Waals surface area contributed by atoms with Crippen LogP contribution in [0.2, 0.25) is 0 Å². The van der Waals surface area contributed by atoms with Crippen molar-refractivity contribution >= 4 is 29.6 Å². The molecule has 0 aliphatic rings. The van der Waals surface area contributed by atoms with E-state index in [9.17, 15) is 114 Å². The Hall–Kier alpha value is -1.80. The van der Waals surface area contributed by atoms with E-state index in [1.54, 1.807) is 0 Å². The van der Waals surface area contributed by atoms with Crippen LogP contribution in [-0.2, 0) is 0 Å². The molecule has 44 heavy (non-hydrogen) atoms. The fourth-order valence-corrected chi connectivity index (χ4v) is 2.41. The van der Waals surface area contributed by atoms with E-state index in [0.29, 0.717) is 0 Å². The third-order valence-corrected chi connectivity index (χ3v) is 4.88. The fraction of sp³-hybridized carbons (Fsp3) is 0.625. The number of alkyl halides is 21. The van der Waals surface area contributed by atoms with Crippen molar-refractivity contribution < 1.29 is 119 Å². The summed E-state index contributed by atoms with van der Waals surface area (Å²) in [6, 6.07) is 0. The van der Waals surface area contributed by atoms with Gasteiger partial charge in [0.25, 0.3) is 0 Å². The molecule has 0 aromatic heterocycles. The van der Waals surface area contributed by atoms with E-state index in [4.69, 9.17) is 0 Å². The van der Waals surface area contributed by atoms with Gasteiger partial charge in [-0.3, -0.25) is 0 Å². The fourth-order valence-electron chi connectivity index (χ4n) is 2.41. The maximum absolute atomic E-state index is 13.7. The molecule has 0 aliphatic heterocycles. The van der Waals surface area contributed by atoms with Gasteiger partial charge in [0.2, 0.25) is 34.8 Å². The van der Waals surface area contributed by atoms with Gasteiger partial charge in [0.1, 0.15) is 0 Å². The summed E-state index contributed by atoms with van der Waals surface area (Å²) in [5.74, 6) is -95.2. The minimum atomic E-state index is -9.51. The number of ether oxygens (including phenoxy) is 1. The van der Waals surface area contributed by atoms with Crippen LogP contribution in [0, 0.1) is 29.1 Å². The second-order valence-corrected chi connectivity index (χ2v) is 7.61. The predicted octanol–water partition coefficient (Wildman–Crippen LogP) is 8.62. The van der Waals surface area contributed by atoms with Crippen LogP contribution in [-0.4, -0.2) is 89.2 Å². The molecule has 0 saturated heterocycles. The molecule has 0 atom stereocenters. The van der Waals surface area contributed by atoms with Crippen molar-refractivity contribution in [2.75, 3.05) is 0 Å². The average molecular weight is 725 g/mol. The van der Waals surface area contributed by atoms with Crippen molar-refractivity contribution in [1.82, 2.24) is 0 Å². The maximum atomic E-state index is 13.7. The largest absolute Gasteiger partial charge is 0.471 e. The van der Waals surface area contributed by atoms with Gasteiger partial charge in [-0.15, -0.1) is 0 Å². The normalized spacial score (nSPS) is 15.3. The number of hydrogen-bond acceptors (Lipinski definition) is 1. The van der Waals surface area contributed by atoms with Crippen molar-refractivity contribution in [2.24, 2.45) is 0 Å². The van der Waals surface area contributed by atoms with Crippen molar-refractivity contribution in [1.29, 1.82) is 0 Å². The first kappa shape index (κ1) is 42.2. The number of benzene rings is 1. The molecule has 0 spiro atoms. The van der Waals surface area contributed by atoms with Crippen LogP contribution in [0.15, 0.2) is 0 Å². The van der Waals surface area contributed by atoms with Crippen molar-refractivity contribution in [3.8, 4) is 5.75 Å². The standard InChI is InChI=1S/C16F26O.Na/c17-1-2(18)4(20)6(5(21)3(1)19)43-16(41,42)14(36,37)12(32,33)10(28,29)8(24,25)7(22,23)9(26,27)11(30,31)13(34,35)15(38,39)40;. The van der Waals surface area contributed by atoms with Gasteiger partial charge in [-0.25, -0.2) is 13.2 Å². The number of rotatable bonds is 10. The average Bonchev–Trinajstić information content (AvgIpc) is 2.82. The van der Waals surface area contributed by atoms with Crippen molar-refractivity contribution in [3.05, 3.63) is 29.1 Å². The van der Waals surface area contributed by atoms with E-state index >= 15 is 0 Å². The van der Waals surface area contributed by atoms with Crippen LogP contribution in [0.4, 0.5) is 114 Å². The molecule has 0 amide bonds. The summed E-state index contributed by atoms with van der Waals surface area (Å²) in [4.78, 5) is 0. The molecule has 0 N–H and O–H groups in total. The van der Waals surface area contributed by atoms with Crippen LogP contribution >= 0.6 is 0 Å². The molecule has 1 rings (SSSR count). The van der Waals surface area contributed by atoms with E-state index in [-0.39, 0.29) is 29.6 Å². The third kappa shape index (κ3) is 5.28. The van der Waals surface area contributed by atoms with Crippen LogP contribution < -0.4 is 4.74 Å². The molecular formula is C16F26NaO. The van der Waals surface area contributed by atoms with Gasteiger partial charge in [-0.2, -0.15) is 101 Å². The Morgan fingerprint density at radius 1 is 0.295 bits per heavy atom. The molecule has 253 valence electrons. The topological polar surface area (TPSA) is 9.23 Å². The predicted molar refractivity (Wildman–Crippen MR) is 83.2 cm³/mol. The maximum Gasteiger partial charge on any atom is 0.471 e. The van der Waals surface area contributed by atoms with Gasteiger partial charge in [0.05, 0.1) is 0 Å². The van der Waals surface area contributed by atoms with Gasteiger partial charge in [0.15, 0.2) is 0 Å². The minimum Gasteiger partial charge on any atom is -0.421 e. The second kappa shape index (κ2) is 11.2. The minimum absolute atomic E-state index is 0. The molecule has 1 aromatic carbocycles. The molecule has 1 radical (unpaired) electrons. The smallest absolute Gasteiger partial charge is 0.421 e. The summed E-state index contributed by atoms with van der Waals surface area (Å²) in [5, 5.41) is 0. The summed E-state index contributed by atoms with van der Waals surface area (Å²) in [6.45, 7) is 0. The van der Waals surface area contributed by atoms with Gasteiger partial charge in [-0.05, 0) is 0 Å². The molecule has 1 nitrogen and oxygen atoms in total. The molecule has 28 heteroatoms. The van der Waals surface area contributed by atoms with Gasteiger partial charge in [0, 0.05) is 29.6 Å². The Morgan fingerprint density at radius 2 is 0.500 bits per heavy atom. The SMILES string of the molecule is Fc1c(F)c(F)c(OC(F)(F)C(F)(F)C(F)(F)C(F)(F)C(F)(F)C(F)(F)C(F)(F)C(F)(F)C(F)(F)C(F)(F)F)c(F)c1F.[Na]. The molecule has 0 unspecified atom stereocenters. The summed E-state index contributed by atoms with van der Waals surface area (Å²) < 4.78 is 345. The number of hydrogen-bond donors (Lipinski definition) is 0. The molecule has 1 aromatic rings. The second-order valence-electron chi connectivity index (χ2n) is 7.61. The monoisotopic (exact) mass is 725 g/mol. The zero-order valence-electron chi connectivity index (χ0n) is 19.2. The number of halogens is 26. The third-order valence-electron chi connectivity index (χ3n) is 4.88. The summed E-state index contributed by atoms with van der Waals surface area (Å²) in [5.41, 5.74) is 0. The van der Waals surface area contributed by atoms with E-state index in [2.05, 4.69) is 0 Å². The quantitative estimate of drug-likeness (QED) is 0.102. The van der Waals surface area contributed by atoms with Crippen LogP contribution in [0.3, 0.4) is 0 Å². The van der Waals surface area contributed by atoms with E-state index in [0.717, 1.165) is 0 Å². The van der Waals surface area contributed by atoms with Gasteiger partial charge in [-0.1, -0.05) is 0 Å². The zero-order valence-corrected chi connectivity index (χ0v) is 21.2. The van der Waals surface area contributed by atoms with Gasteiger partial charge >= 0.3 is 59.7 Å². The van der Waals surface area contributed by atoms with E-state index < -0.39 is 94.5 Å². The Bertz CT molecular complexity index is 1200. The molecule has 0 heterocycles. The summed E-state index contributed by atoms with van der Waals surface area (Å²) >= 11 is 0. The van der Waals surface area contributed by atoms with Crippen LogP contribution in [0.25, 0.3) is 0 Å². The first-order valence-electron chi connectivity index (χ1n) is 9.07. The molecule has 0 bridgehead atoms. The van der Waals surface area contributed by atoms with Crippen LogP contribution in [0.1, 0.15) is 0 Å². The van der Waals surface area contributed by atoms with Crippen molar-refractivity contribution in [3.63, 3.8) is 0 Å². The Labute approximate surface area is 243 Å². The molecule has 0 saturated carbocycles. The molecule has 0 aliphatic carbocycles. The zero-order chi connectivity index (χ0) is 35.2. The first-order valence-corrected chi connectivity index (χ1v) is 9.07. The Balaban J connectivity index is 0.0000185. The summed E-state index contributed by atoms with van der Waals surface area (Å²) in [6.07, 6.45) is -16.3. The van der Waals surface area contributed by atoms with Gasteiger partial charge < -0.3 is 4.74 Å². The molecule has 0 fully saturated rings. The van der Waals surface area contributed by atoms with E-state index in [1.807, 2.05) is 4.74 Å². The van der Waals surface area contributed by atoms with Crippen LogP contribution in [0.5, 0.6) is 5.75 Å². The first-order chi connectivity index (χ1) is 18.4. The Morgan fingerprint density at radius 3 is 0.750 bits per heavy atom. The Kier molecular flexibility index (Phi) is 10.7. The van der Waals surface area contributed by atoms with E-state index in [1.165, 1.54) is 0 Å². The molecular weight excluding hydrogens is 725 g/mol. The summed E-state index contributed by atoms with van der Waals surface area (Å²) in [7, 11) is 0. The van der Waals surface area contributed by atoms with Crippen molar-refractivity contribution in [2.45, 2.75) is 59.7 Å².